The molecule has 0 aromatic heterocycles. The zero-order chi connectivity index (χ0) is 32.6. The minimum Gasteiger partial charge on any atom is -0.497 e. The number of benzene rings is 3. The summed E-state index contributed by atoms with van der Waals surface area (Å²) in [5.41, 5.74) is 1.39. The number of methoxy groups -OCH3 is 1. The van der Waals surface area contributed by atoms with Gasteiger partial charge in [0.15, 0.2) is 5.60 Å². The number of nitrogens with zero attached hydrogens (tertiary/aromatic N) is 2. The van der Waals surface area contributed by atoms with Crippen molar-refractivity contribution in [2.45, 2.75) is 50.2 Å². The van der Waals surface area contributed by atoms with Crippen LogP contribution in [0.4, 0.5) is 16.2 Å². The number of carbonyl (C=O) groups excluding carboxylic acids is 3. The molecule has 242 valence electrons. The van der Waals surface area contributed by atoms with Gasteiger partial charge in [0.1, 0.15) is 12.4 Å². The van der Waals surface area contributed by atoms with Crippen LogP contribution in [0.5, 0.6) is 5.75 Å². The maximum absolute atomic E-state index is 14.1. The third-order valence-electron chi connectivity index (χ3n) is 9.96. The molecule has 0 aliphatic carbocycles. The Hall–Kier alpha value is -4.19. The number of nitrogens with one attached hydrogen (secondary N) is 1. The second kappa shape index (κ2) is 12.5. The number of anilines is 2. The van der Waals surface area contributed by atoms with Crippen LogP contribution in [0.3, 0.4) is 0 Å². The molecule has 2 fully saturated rings. The summed E-state index contributed by atoms with van der Waals surface area (Å²) in [5, 5.41) is 14.1. The number of aliphatic hydroxyl groups is 1. The van der Waals surface area contributed by atoms with Crippen LogP contribution in [0.1, 0.15) is 24.5 Å². The van der Waals surface area contributed by atoms with Crippen LogP contribution in [-0.2, 0) is 31.2 Å². The first-order valence-corrected chi connectivity index (χ1v) is 18.8. The normalized spacial score (nSPS) is 23.8. The van der Waals surface area contributed by atoms with Crippen molar-refractivity contribution in [1.29, 1.82) is 0 Å². The quantitative estimate of drug-likeness (QED) is 0.318. The minimum atomic E-state index is -2.46. The summed E-state index contributed by atoms with van der Waals surface area (Å²) in [5.74, 6) is 0.0256. The second-order valence-electron chi connectivity index (χ2n) is 12.8. The van der Waals surface area contributed by atoms with E-state index in [2.05, 4.69) is 30.5 Å². The van der Waals surface area contributed by atoms with E-state index >= 15 is 0 Å². The Labute approximate surface area is 270 Å². The van der Waals surface area contributed by atoms with Crippen molar-refractivity contribution in [1.82, 2.24) is 4.90 Å². The van der Waals surface area contributed by atoms with E-state index in [1.54, 1.807) is 29.0 Å². The van der Waals surface area contributed by atoms with Crippen molar-refractivity contribution in [3.8, 4) is 5.75 Å². The van der Waals surface area contributed by atoms with Gasteiger partial charge in [-0.15, -0.1) is 0 Å². The van der Waals surface area contributed by atoms with Gasteiger partial charge in [-0.2, -0.15) is 0 Å². The molecule has 0 saturated carbocycles. The van der Waals surface area contributed by atoms with Gasteiger partial charge in [-0.3, -0.25) is 14.5 Å². The van der Waals surface area contributed by atoms with Crippen LogP contribution in [0.15, 0.2) is 72.8 Å². The van der Waals surface area contributed by atoms with E-state index in [1.807, 2.05) is 55.5 Å². The summed E-state index contributed by atoms with van der Waals surface area (Å²) in [6, 6.07) is 23.2. The highest BCUT2D eigenvalue weighted by molar-refractivity contribution is 6.91. The average Bonchev–Trinajstić information content (AvgIpc) is 3.70. The summed E-state index contributed by atoms with van der Waals surface area (Å²) in [4.78, 5) is 43.8. The minimum absolute atomic E-state index is 0.0525. The molecule has 3 aromatic rings. The smallest absolute Gasteiger partial charge is 0.414 e. The van der Waals surface area contributed by atoms with Crippen LogP contribution in [0.25, 0.3) is 0 Å². The van der Waals surface area contributed by atoms with Crippen molar-refractivity contribution >= 4 is 42.5 Å². The molecule has 6 rings (SSSR count). The highest BCUT2D eigenvalue weighted by atomic mass is 28.3. The number of ether oxygens (including phenoxy) is 3. The first-order valence-electron chi connectivity index (χ1n) is 15.7. The van der Waals surface area contributed by atoms with Gasteiger partial charge in [0.2, 0.25) is 5.91 Å². The summed E-state index contributed by atoms with van der Waals surface area (Å²) >= 11 is 0. The molecule has 3 amide bonds. The number of carbonyl (C=O) groups is 3. The monoisotopic (exact) mass is 643 g/mol. The Morgan fingerprint density at radius 3 is 2.50 bits per heavy atom. The Kier molecular flexibility index (Phi) is 8.66. The van der Waals surface area contributed by atoms with Crippen molar-refractivity contribution in [2.24, 2.45) is 5.92 Å². The molecule has 46 heavy (non-hydrogen) atoms. The van der Waals surface area contributed by atoms with Gasteiger partial charge in [-0.05, 0) is 41.4 Å². The molecule has 3 heterocycles. The molecule has 2 saturated heterocycles. The number of hydrogen-bond donors (Lipinski definition) is 2. The molecule has 10 nitrogen and oxygen atoms in total. The van der Waals surface area contributed by atoms with E-state index in [0.717, 1.165) is 16.5 Å². The number of rotatable bonds is 10. The fourth-order valence-corrected chi connectivity index (χ4v) is 11.6. The number of amides is 3. The molecular weight excluding hydrogens is 602 g/mol. The third kappa shape index (κ3) is 5.46. The Balaban J connectivity index is 1.40. The first kappa shape index (κ1) is 31.8. The predicted octanol–water partition coefficient (Wildman–Crippen LogP) is 4.23. The van der Waals surface area contributed by atoms with E-state index in [0.29, 0.717) is 36.6 Å². The van der Waals surface area contributed by atoms with Crippen molar-refractivity contribution in [3.63, 3.8) is 0 Å². The van der Waals surface area contributed by atoms with Crippen LogP contribution < -0.4 is 20.1 Å². The molecular formula is C35H41N3O7Si. The number of hydrogen-bond acceptors (Lipinski definition) is 7. The molecule has 2 N–H and O–H groups in total. The summed E-state index contributed by atoms with van der Waals surface area (Å²) in [6.45, 7) is 7.66. The lowest BCUT2D eigenvalue weighted by molar-refractivity contribution is -0.148. The van der Waals surface area contributed by atoms with E-state index in [1.165, 1.54) is 0 Å². The van der Waals surface area contributed by atoms with Gasteiger partial charge in [0.05, 0.1) is 40.9 Å². The molecule has 0 radical (unpaired) electrons. The van der Waals surface area contributed by atoms with Gasteiger partial charge < -0.3 is 29.5 Å². The molecule has 4 atom stereocenters. The average molecular weight is 644 g/mol. The summed E-state index contributed by atoms with van der Waals surface area (Å²) < 4.78 is 17.6. The summed E-state index contributed by atoms with van der Waals surface area (Å²) in [7, 11) is -0.828. The van der Waals surface area contributed by atoms with E-state index in [9.17, 15) is 19.5 Å². The molecule has 3 aromatic carbocycles. The maximum Gasteiger partial charge on any atom is 0.414 e. The largest absolute Gasteiger partial charge is 0.497 e. The van der Waals surface area contributed by atoms with E-state index < -0.39 is 25.9 Å². The first-order chi connectivity index (χ1) is 22.1. The van der Waals surface area contributed by atoms with Crippen molar-refractivity contribution in [2.75, 3.05) is 43.6 Å². The SMILES string of the molecule is COc1ccc([Si](C)(C)[C@@H]2[C@@H](CC(=O)N(CCO)Cc3ccccc3)O[C@]3(C(=O)Nc4ccc(N5CCOC5=O)cc43)[C@H]2C)cc1. The molecule has 1 spiro atoms. The molecule has 11 heteroatoms. The van der Waals surface area contributed by atoms with Crippen molar-refractivity contribution < 1.29 is 33.7 Å². The standard InChI is InChI=1S/C35H41N3O7Si/c1-23-32(46(3,4)27-13-11-26(43-2)12-14-27)30(21-31(40)37(16-18-39)22-24-8-6-5-7-9-24)45-35(23)28-20-25(38-17-19-44-34(38)42)10-15-29(28)36-33(35)41/h5-15,20,23,30,32,39H,16-19,21-22H2,1-4H3,(H,36,41)/t23-,30+,32-,35+/m0/s1. The Morgan fingerprint density at radius 1 is 1.11 bits per heavy atom. The van der Waals surface area contributed by atoms with Crippen LogP contribution in [-0.4, -0.2) is 75.5 Å². The Bertz CT molecular complexity index is 1620. The second-order valence-corrected chi connectivity index (χ2v) is 17.5. The molecule has 0 unspecified atom stereocenters. The fourth-order valence-electron chi connectivity index (χ4n) is 7.63. The van der Waals surface area contributed by atoms with Crippen LogP contribution in [0.2, 0.25) is 18.6 Å². The molecule has 0 bridgehead atoms. The third-order valence-corrected chi connectivity index (χ3v) is 14.3. The number of aliphatic hydroxyl groups excluding tert-OH is 1. The number of fused-ring (bicyclic) bond motifs is 2. The lowest BCUT2D eigenvalue weighted by atomic mass is 9.82. The zero-order valence-corrected chi connectivity index (χ0v) is 27.7. The maximum atomic E-state index is 14.1. The van der Waals surface area contributed by atoms with Gasteiger partial charge in [-0.25, -0.2) is 4.79 Å². The Morgan fingerprint density at radius 2 is 1.85 bits per heavy atom. The summed E-state index contributed by atoms with van der Waals surface area (Å²) in [6.07, 6.45) is -0.958. The molecule has 3 aliphatic heterocycles. The highest BCUT2D eigenvalue weighted by Crippen LogP contribution is 2.59. The lowest BCUT2D eigenvalue weighted by Gasteiger charge is -2.37. The van der Waals surface area contributed by atoms with E-state index in [-0.39, 0.29) is 42.8 Å². The van der Waals surface area contributed by atoms with Gasteiger partial charge in [0.25, 0.3) is 5.91 Å². The zero-order valence-electron chi connectivity index (χ0n) is 26.7. The van der Waals surface area contributed by atoms with Crippen LogP contribution >= 0.6 is 0 Å². The molecule has 3 aliphatic rings. The highest BCUT2D eigenvalue weighted by Gasteiger charge is 2.65. The van der Waals surface area contributed by atoms with E-state index in [4.69, 9.17) is 14.2 Å². The number of cyclic esters (lactones) is 1. The predicted molar refractivity (Wildman–Crippen MR) is 177 cm³/mol. The van der Waals surface area contributed by atoms with Crippen molar-refractivity contribution in [3.05, 3.63) is 83.9 Å². The fraction of sp³-hybridized carbons (Fsp3) is 0.400. The van der Waals surface area contributed by atoms with Crippen LogP contribution in [0, 0.1) is 5.92 Å². The lowest BCUT2D eigenvalue weighted by Crippen LogP contribution is -2.52. The van der Waals surface area contributed by atoms with Gasteiger partial charge in [0, 0.05) is 35.9 Å². The topological polar surface area (TPSA) is 118 Å². The van der Waals surface area contributed by atoms with Gasteiger partial charge >= 0.3 is 6.09 Å². The van der Waals surface area contributed by atoms with Gasteiger partial charge in [-0.1, -0.05) is 67.7 Å².